The summed E-state index contributed by atoms with van der Waals surface area (Å²) in [6.45, 7) is 7.21. The van der Waals surface area contributed by atoms with E-state index in [1.165, 1.54) is 5.56 Å². The van der Waals surface area contributed by atoms with Crippen LogP contribution >= 0.6 is 0 Å². The van der Waals surface area contributed by atoms with E-state index in [9.17, 15) is 14.4 Å². The minimum Gasteiger partial charge on any atom is -0.379 e. The standard InChI is InChI=1S/C29H47N3O5/c1-7-21(3)29(31(4)27(34)8-2)25(37-6)20-28(35)32-18-12-15-23(32)24(36-5)19-26(33)30-17-16-22-13-10-9-11-14-22/h9-11,13-14,21,23-25,29H,7-8,12,15-20H2,1-6H3,(H,30,33). The van der Waals surface area contributed by atoms with Crippen LogP contribution in [-0.2, 0) is 30.3 Å². The van der Waals surface area contributed by atoms with Gasteiger partial charge in [-0.1, -0.05) is 57.5 Å². The fourth-order valence-electron chi connectivity index (χ4n) is 5.40. The van der Waals surface area contributed by atoms with Crippen LogP contribution in [0.1, 0.15) is 64.9 Å². The molecule has 1 aliphatic heterocycles. The molecular weight excluding hydrogens is 470 g/mol. The van der Waals surface area contributed by atoms with E-state index in [-0.39, 0.29) is 54.7 Å². The number of methoxy groups -OCH3 is 2. The number of ether oxygens (including phenoxy) is 2. The van der Waals surface area contributed by atoms with Crippen LogP contribution in [0.2, 0.25) is 0 Å². The van der Waals surface area contributed by atoms with Crippen LogP contribution in [0.3, 0.4) is 0 Å². The van der Waals surface area contributed by atoms with Crippen LogP contribution in [0.15, 0.2) is 30.3 Å². The maximum absolute atomic E-state index is 13.5. The summed E-state index contributed by atoms with van der Waals surface area (Å²) < 4.78 is 11.5. The van der Waals surface area contributed by atoms with E-state index in [0.29, 0.717) is 19.5 Å². The summed E-state index contributed by atoms with van der Waals surface area (Å²) in [6, 6.07) is 9.68. The summed E-state index contributed by atoms with van der Waals surface area (Å²) in [5.41, 5.74) is 1.17. The Hall–Kier alpha value is -2.45. The van der Waals surface area contributed by atoms with Crippen molar-refractivity contribution in [3.05, 3.63) is 35.9 Å². The number of rotatable bonds is 15. The molecule has 0 bridgehead atoms. The van der Waals surface area contributed by atoms with Crippen molar-refractivity contribution in [1.29, 1.82) is 0 Å². The lowest BCUT2D eigenvalue weighted by Gasteiger charge is -2.38. The molecule has 0 aromatic heterocycles. The summed E-state index contributed by atoms with van der Waals surface area (Å²) >= 11 is 0. The number of carbonyl (C=O) groups is 3. The predicted octanol–water partition coefficient (Wildman–Crippen LogP) is 3.43. The van der Waals surface area contributed by atoms with Gasteiger partial charge in [0, 0.05) is 40.8 Å². The van der Waals surface area contributed by atoms with Crippen LogP contribution in [0, 0.1) is 5.92 Å². The van der Waals surface area contributed by atoms with Gasteiger partial charge in [-0.15, -0.1) is 0 Å². The Balaban J connectivity index is 2.01. The van der Waals surface area contributed by atoms with Gasteiger partial charge < -0.3 is 24.6 Å². The topological polar surface area (TPSA) is 88.2 Å². The molecule has 0 saturated carbocycles. The first kappa shape index (κ1) is 30.8. The third-order valence-electron chi connectivity index (χ3n) is 7.75. The number of likely N-dealkylation sites (tertiary alicyclic amines) is 1. The minimum atomic E-state index is -0.411. The predicted molar refractivity (Wildman–Crippen MR) is 145 cm³/mol. The Morgan fingerprint density at radius 2 is 1.81 bits per heavy atom. The van der Waals surface area contributed by atoms with Crippen LogP contribution in [-0.4, -0.2) is 86.2 Å². The second-order valence-corrected chi connectivity index (χ2v) is 10.1. The van der Waals surface area contributed by atoms with Gasteiger partial charge in [-0.3, -0.25) is 14.4 Å². The van der Waals surface area contributed by atoms with Gasteiger partial charge in [0.25, 0.3) is 0 Å². The molecule has 1 saturated heterocycles. The molecule has 1 aromatic carbocycles. The molecule has 1 N–H and O–H groups in total. The molecule has 1 aliphatic rings. The summed E-state index contributed by atoms with van der Waals surface area (Å²) in [7, 11) is 5.01. The fraction of sp³-hybridized carbons (Fsp3) is 0.690. The number of hydrogen-bond donors (Lipinski definition) is 1. The van der Waals surface area contributed by atoms with Crippen molar-refractivity contribution in [2.45, 2.75) is 90.0 Å². The molecule has 1 heterocycles. The van der Waals surface area contributed by atoms with Crippen LogP contribution in [0.25, 0.3) is 0 Å². The molecule has 208 valence electrons. The number of nitrogens with zero attached hydrogens (tertiary/aromatic N) is 2. The van der Waals surface area contributed by atoms with Crippen molar-refractivity contribution < 1.29 is 23.9 Å². The average molecular weight is 518 g/mol. The van der Waals surface area contributed by atoms with E-state index in [4.69, 9.17) is 9.47 Å². The number of nitrogens with one attached hydrogen (secondary N) is 1. The second-order valence-electron chi connectivity index (χ2n) is 10.1. The van der Waals surface area contributed by atoms with E-state index < -0.39 is 6.10 Å². The Morgan fingerprint density at radius 1 is 1.11 bits per heavy atom. The highest BCUT2D eigenvalue weighted by Gasteiger charge is 2.39. The summed E-state index contributed by atoms with van der Waals surface area (Å²) in [4.78, 5) is 42.3. The smallest absolute Gasteiger partial charge is 0.225 e. The molecule has 8 nitrogen and oxygen atoms in total. The quantitative estimate of drug-likeness (QED) is 0.385. The van der Waals surface area contributed by atoms with Crippen molar-refractivity contribution in [3.8, 4) is 0 Å². The lowest BCUT2D eigenvalue weighted by atomic mass is 9.90. The lowest BCUT2D eigenvalue weighted by molar-refractivity contribution is -0.144. The Morgan fingerprint density at radius 3 is 2.41 bits per heavy atom. The van der Waals surface area contributed by atoms with Gasteiger partial charge in [-0.2, -0.15) is 0 Å². The third-order valence-corrected chi connectivity index (χ3v) is 7.75. The van der Waals surface area contributed by atoms with Crippen LogP contribution in [0.5, 0.6) is 0 Å². The Bertz CT molecular complexity index is 849. The molecule has 0 spiro atoms. The second kappa shape index (κ2) is 15.7. The van der Waals surface area contributed by atoms with Crippen molar-refractivity contribution >= 4 is 17.7 Å². The lowest BCUT2D eigenvalue weighted by Crippen LogP contribution is -2.52. The molecule has 37 heavy (non-hydrogen) atoms. The molecule has 5 atom stereocenters. The highest BCUT2D eigenvalue weighted by molar-refractivity contribution is 5.79. The first-order valence-electron chi connectivity index (χ1n) is 13.7. The molecule has 8 heteroatoms. The van der Waals surface area contributed by atoms with Crippen molar-refractivity contribution in [2.75, 3.05) is 34.4 Å². The van der Waals surface area contributed by atoms with Crippen molar-refractivity contribution in [3.63, 3.8) is 0 Å². The van der Waals surface area contributed by atoms with Crippen molar-refractivity contribution in [1.82, 2.24) is 15.1 Å². The molecule has 0 aliphatic carbocycles. The molecular formula is C29H47N3O5. The van der Waals surface area contributed by atoms with Gasteiger partial charge in [-0.05, 0) is 30.7 Å². The molecule has 5 unspecified atom stereocenters. The van der Waals surface area contributed by atoms with Crippen LogP contribution in [0.4, 0.5) is 0 Å². The van der Waals surface area contributed by atoms with Crippen molar-refractivity contribution in [2.24, 2.45) is 5.92 Å². The van der Waals surface area contributed by atoms with E-state index in [0.717, 1.165) is 25.7 Å². The zero-order chi connectivity index (χ0) is 27.4. The SMILES string of the molecule is CCC(=O)N(C)C(C(C)CC)C(CC(=O)N1CCCC1C(CC(=O)NCCc1ccccc1)OC)OC. The first-order valence-corrected chi connectivity index (χ1v) is 13.7. The number of amides is 3. The monoisotopic (exact) mass is 517 g/mol. The average Bonchev–Trinajstić information content (AvgIpc) is 3.41. The van der Waals surface area contributed by atoms with Crippen LogP contribution < -0.4 is 5.32 Å². The molecule has 1 aromatic rings. The number of likely N-dealkylation sites (N-methyl/N-ethyl adjacent to an activating group) is 1. The Kier molecular flexibility index (Phi) is 13.1. The van der Waals surface area contributed by atoms with E-state index in [1.807, 2.05) is 42.2 Å². The zero-order valence-electron chi connectivity index (χ0n) is 23.6. The van der Waals surface area contributed by atoms with Gasteiger partial charge in [0.2, 0.25) is 17.7 Å². The molecule has 3 amide bonds. The largest absolute Gasteiger partial charge is 0.379 e. The number of hydrogen-bond acceptors (Lipinski definition) is 5. The summed E-state index contributed by atoms with van der Waals surface area (Å²) in [5, 5.41) is 2.99. The van der Waals surface area contributed by atoms with Gasteiger partial charge in [0.15, 0.2) is 0 Å². The maximum Gasteiger partial charge on any atom is 0.225 e. The van der Waals surface area contributed by atoms with Gasteiger partial charge in [0.1, 0.15) is 0 Å². The zero-order valence-corrected chi connectivity index (χ0v) is 23.6. The minimum absolute atomic E-state index is 0.0217. The molecule has 2 rings (SSSR count). The fourth-order valence-corrected chi connectivity index (χ4v) is 5.40. The maximum atomic E-state index is 13.5. The summed E-state index contributed by atoms with van der Waals surface area (Å²) in [6.07, 6.45) is 3.31. The van der Waals surface area contributed by atoms with E-state index >= 15 is 0 Å². The third kappa shape index (κ3) is 8.82. The first-order chi connectivity index (χ1) is 17.8. The highest BCUT2D eigenvalue weighted by Crippen LogP contribution is 2.27. The highest BCUT2D eigenvalue weighted by atomic mass is 16.5. The van der Waals surface area contributed by atoms with Gasteiger partial charge in [0.05, 0.1) is 37.1 Å². The summed E-state index contributed by atoms with van der Waals surface area (Å²) in [5.74, 6) is 0.121. The van der Waals surface area contributed by atoms with Gasteiger partial charge >= 0.3 is 0 Å². The van der Waals surface area contributed by atoms with E-state index in [1.54, 1.807) is 26.2 Å². The molecule has 0 radical (unpaired) electrons. The number of benzene rings is 1. The van der Waals surface area contributed by atoms with E-state index in [2.05, 4.69) is 19.2 Å². The number of carbonyl (C=O) groups excluding carboxylic acids is 3. The molecule has 1 fully saturated rings. The Labute approximate surface area is 223 Å². The van der Waals surface area contributed by atoms with Gasteiger partial charge in [-0.25, -0.2) is 0 Å². The normalized spacial score (nSPS) is 18.6.